The van der Waals surface area contributed by atoms with E-state index in [2.05, 4.69) is 15.6 Å². The van der Waals surface area contributed by atoms with Crippen LogP contribution in [-0.2, 0) is 0 Å². The van der Waals surface area contributed by atoms with E-state index in [0.717, 1.165) is 25.7 Å². The quantitative estimate of drug-likeness (QED) is 0.123. The third-order valence-electron chi connectivity index (χ3n) is 7.62. The minimum atomic E-state index is -1.14. The number of hydrogen-bond donors (Lipinski definition) is 3. The molecule has 1 aliphatic rings. The molecule has 250 valence electrons. The second-order valence-corrected chi connectivity index (χ2v) is 12.0. The zero-order valence-corrected chi connectivity index (χ0v) is 27.2. The summed E-state index contributed by atoms with van der Waals surface area (Å²) < 4.78 is 23.2. The lowest BCUT2D eigenvalue weighted by molar-refractivity contribution is 0.0697. The molecule has 6 rings (SSSR count). The lowest BCUT2D eigenvalue weighted by atomic mass is 9.93. The molecule has 49 heavy (non-hydrogen) atoms. The van der Waals surface area contributed by atoms with Crippen molar-refractivity contribution in [3.05, 3.63) is 124 Å². The lowest BCUT2D eigenvalue weighted by Gasteiger charge is -2.29. The van der Waals surface area contributed by atoms with Gasteiger partial charge in [0.15, 0.2) is 5.76 Å². The number of carboxylic acids is 1. The van der Waals surface area contributed by atoms with Crippen LogP contribution in [0.3, 0.4) is 0 Å². The number of rotatable bonds is 11. The van der Waals surface area contributed by atoms with Crippen molar-refractivity contribution in [3.63, 3.8) is 0 Å². The summed E-state index contributed by atoms with van der Waals surface area (Å²) in [5, 5.41) is 15.8. The molecule has 0 radical (unpaired) electrons. The predicted molar refractivity (Wildman–Crippen MR) is 181 cm³/mol. The van der Waals surface area contributed by atoms with Gasteiger partial charge in [-0.05, 0) is 92.4 Å². The van der Waals surface area contributed by atoms with Gasteiger partial charge in [-0.25, -0.2) is 9.78 Å². The van der Waals surface area contributed by atoms with E-state index >= 15 is 0 Å². The number of carbonyl (C=O) groups excluding carboxylic acids is 2. The highest BCUT2D eigenvalue weighted by Crippen LogP contribution is 2.30. The summed E-state index contributed by atoms with van der Waals surface area (Å²) in [6.07, 6.45) is 4.36. The Morgan fingerprint density at radius 2 is 1.49 bits per heavy atom. The van der Waals surface area contributed by atoms with E-state index in [-0.39, 0.29) is 52.5 Å². The number of aromatic nitrogens is 1. The average Bonchev–Trinajstić information content (AvgIpc) is 3.55. The molecular weight excluding hydrogens is 673 g/mol. The molecule has 3 aromatic carbocycles. The van der Waals surface area contributed by atoms with Crippen molar-refractivity contribution in [2.75, 3.05) is 5.32 Å². The fourth-order valence-corrected chi connectivity index (χ4v) is 5.74. The molecule has 2 amide bonds. The zero-order valence-electron chi connectivity index (χ0n) is 25.7. The Bertz CT molecular complexity index is 1940. The Morgan fingerprint density at radius 3 is 2.18 bits per heavy atom. The van der Waals surface area contributed by atoms with Gasteiger partial charge >= 0.3 is 5.97 Å². The van der Waals surface area contributed by atoms with Crippen LogP contribution in [0.5, 0.6) is 29.1 Å². The van der Waals surface area contributed by atoms with Crippen LogP contribution in [0.4, 0.5) is 5.69 Å². The Labute approximate surface area is 290 Å². The zero-order chi connectivity index (χ0) is 34.3. The van der Waals surface area contributed by atoms with Crippen LogP contribution >= 0.6 is 23.2 Å². The Balaban J connectivity index is 0.938. The van der Waals surface area contributed by atoms with Crippen LogP contribution in [0.1, 0.15) is 57.0 Å². The van der Waals surface area contributed by atoms with Gasteiger partial charge in [0.1, 0.15) is 17.2 Å². The van der Waals surface area contributed by atoms with E-state index in [9.17, 15) is 19.5 Å². The van der Waals surface area contributed by atoms with E-state index < -0.39 is 11.9 Å². The SMILES string of the molecule is O=C(Nc1ccccc1C(=O)O)c1ccc(Oc2ccc(OC3CCC(NC(=O)c4ccc(Oc5cc(Cl)cc(Cl)c5)o4)CC3)cc2)nc1. The average molecular weight is 703 g/mol. The van der Waals surface area contributed by atoms with Crippen LogP contribution in [0.2, 0.25) is 10.0 Å². The largest absolute Gasteiger partial charge is 0.490 e. The summed E-state index contributed by atoms with van der Waals surface area (Å²) in [6, 6.07) is 24.2. The number of amides is 2. The molecule has 5 aromatic rings. The maximum atomic E-state index is 12.8. The number of halogens is 2. The Morgan fingerprint density at radius 1 is 0.776 bits per heavy atom. The third kappa shape index (κ3) is 8.89. The van der Waals surface area contributed by atoms with Crippen molar-refractivity contribution in [2.45, 2.75) is 37.8 Å². The van der Waals surface area contributed by atoms with Crippen molar-refractivity contribution in [2.24, 2.45) is 0 Å². The molecule has 0 aliphatic heterocycles. The summed E-state index contributed by atoms with van der Waals surface area (Å²) in [4.78, 5) is 41.0. The van der Waals surface area contributed by atoms with Crippen LogP contribution in [0, 0.1) is 0 Å². The van der Waals surface area contributed by atoms with Crippen LogP contribution < -0.4 is 24.8 Å². The van der Waals surface area contributed by atoms with Crippen molar-refractivity contribution >= 4 is 46.7 Å². The van der Waals surface area contributed by atoms with Gasteiger partial charge in [-0.1, -0.05) is 35.3 Å². The van der Waals surface area contributed by atoms with E-state index in [1.807, 2.05) is 0 Å². The number of hydrogen-bond acceptors (Lipinski definition) is 8. The highest BCUT2D eigenvalue weighted by molar-refractivity contribution is 6.34. The highest BCUT2D eigenvalue weighted by Gasteiger charge is 2.25. The maximum absolute atomic E-state index is 12.8. The van der Waals surface area contributed by atoms with E-state index in [4.69, 9.17) is 41.8 Å². The van der Waals surface area contributed by atoms with E-state index in [0.29, 0.717) is 27.3 Å². The lowest BCUT2D eigenvalue weighted by Crippen LogP contribution is -2.39. The van der Waals surface area contributed by atoms with E-state index in [1.165, 1.54) is 24.4 Å². The summed E-state index contributed by atoms with van der Waals surface area (Å²) in [5.74, 6) is 0.214. The summed E-state index contributed by atoms with van der Waals surface area (Å²) >= 11 is 12.0. The Kier molecular flexibility index (Phi) is 10.3. The molecule has 0 unspecified atom stereocenters. The van der Waals surface area contributed by atoms with Gasteiger partial charge in [-0.2, -0.15) is 0 Å². The molecule has 0 saturated heterocycles. The van der Waals surface area contributed by atoms with Gasteiger partial charge in [0.05, 0.1) is 22.9 Å². The number of pyridine rings is 1. The normalized spacial score (nSPS) is 15.6. The van der Waals surface area contributed by atoms with Crippen molar-refractivity contribution in [3.8, 4) is 29.1 Å². The molecule has 0 atom stereocenters. The Hall–Kier alpha value is -5.52. The number of aromatic carboxylic acids is 1. The fraction of sp³-hybridized carbons (Fsp3) is 0.167. The highest BCUT2D eigenvalue weighted by atomic mass is 35.5. The smallest absolute Gasteiger partial charge is 0.337 e. The predicted octanol–water partition coefficient (Wildman–Crippen LogP) is 8.64. The summed E-state index contributed by atoms with van der Waals surface area (Å²) in [5.41, 5.74) is 0.421. The second kappa shape index (κ2) is 15.1. The first-order valence-corrected chi connectivity index (χ1v) is 16.0. The minimum absolute atomic E-state index is 0.00382. The van der Waals surface area contributed by atoms with Gasteiger partial charge in [0.25, 0.3) is 17.8 Å². The van der Waals surface area contributed by atoms with Gasteiger partial charge in [-0.15, -0.1) is 0 Å². The maximum Gasteiger partial charge on any atom is 0.337 e. The first-order chi connectivity index (χ1) is 23.7. The number of para-hydroxylation sites is 1. The van der Waals surface area contributed by atoms with Crippen molar-refractivity contribution < 1.29 is 38.1 Å². The molecule has 2 aromatic heterocycles. The molecule has 11 nitrogen and oxygen atoms in total. The number of carboxylic acid groups (broad SMARTS) is 1. The molecule has 3 N–H and O–H groups in total. The molecule has 0 bridgehead atoms. The first kappa shape index (κ1) is 33.4. The number of furan rings is 1. The van der Waals surface area contributed by atoms with Crippen LogP contribution in [0.25, 0.3) is 0 Å². The van der Waals surface area contributed by atoms with Gasteiger partial charge in [0.2, 0.25) is 5.88 Å². The summed E-state index contributed by atoms with van der Waals surface area (Å²) in [7, 11) is 0. The minimum Gasteiger partial charge on any atom is -0.490 e. The number of nitrogens with zero attached hydrogens (tertiary/aromatic N) is 1. The molecule has 0 spiro atoms. The second-order valence-electron chi connectivity index (χ2n) is 11.2. The van der Waals surface area contributed by atoms with Crippen molar-refractivity contribution in [1.29, 1.82) is 0 Å². The van der Waals surface area contributed by atoms with Gasteiger partial charge in [-0.3, -0.25) is 9.59 Å². The first-order valence-electron chi connectivity index (χ1n) is 15.3. The third-order valence-corrected chi connectivity index (χ3v) is 8.06. The number of nitrogens with one attached hydrogen (secondary N) is 2. The van der Waals surface area contributed by atoms with Crippen LogP contribution in [0.15, 0.2) is 102 Å². The number of anilines is 1. The standard InChI is InChI=1S/C36H29Cl2N3O8/c37-22-17-23(38)19-28(18-22)48-33-16-14-31(49-33)35(43)40-24-6-8-25(9-7-24)46-26-10-12-27(13-11-26)47-32-15-5-21(20-39-32)34(42)41-30-4-2-1-3-29(30)36(44)45/h1-5,10-20,24-25H,6-9H2,(H,40,43)(H,41,42)(H,44,45). The molecule has 1 fully saturated rings. The van der Waals surface area contributed by atoms with Gasteiger partial charge in [0, 0.05) is 34.4 Å². The monoisotopic (exact) mass is 701 g/mol. The van der Waals surface area contributed by atoms with Gasteiger partial charge < -0.3 is 34.4 Å². The molecule has 2 heterocycles. The number of benzene rings is 3. The molecule has 1 aliphatic carbocycles. The summed E-state index contributed by atoms with van der Waals surface area (Å²) in [6.45, 7) is 0. The number of ether oxygens (including phenoxy) is 3. The topological polar surface area (TPSA) is 149 Å². The van der Waals surface area contributed by atoms with E-state index in [1.54, 1.807) is 72.8 Å². The fourth-order valence-electron chi connectivity index (χ4n) is 5.23. The molecule has 1 saturated carbocycles. The molecular formula is C36H29Cl2N3O8. The molecule has 13 heteroatoms. The van der Waals surface area contributed by atoms with Crippen LogP contribution in [-0.4, -0.2) is 40.0 Å². The number of carbonyl (C=O) groups is 3. The van der Waals surface area contributed by atoms with Crippen molar-refractivity contribution in [1.82, 2.24) is 10.3 Å².